The van der Waals surface area contributed by atoms with E-state index >= 15 is 0 Å². The maximum atomic E-state index is 12.7. The van der Waals surface area contributed by atoms with Gasteiger partial charge >= 0.3 is 6.09 Å². The monoisotopic (exact) mass is 410 g/mol. The largest absolute Gasteiger partial charge is 0.449 e. The number of benzene rings is 2. The van der Waals surface area contributed by atoms with Gasteiger partial charge in [0.25, 0.3) is 0 Å². The van der Waals surface area contributed by atoms with Crippen LogP contribution in [0.4, 0.5) is 21.9 Å². The molecule has 0 unspecified atom stereocenters. The van der Waals surface area contributed by atoms with Gasteiger partial charge in [0, 0.05) is 12.1 Å². The van der Waals surface area contributed by atoms with Crippen molar-refractivity contribution in [3.8, 4) is 0 Å². The van der Waals surface area contributed by atoms with Crippen LogP contribution in [-0.4, -0.2) is 47.3 Å². The number of hydrogen-bond acceptors (Lipinski definition) is 6. The van der Waals surface area contributed by atoms with E-state index in [2.05, 4.69) is 15.5 Å². The van der Waals surface area contributed by atoms with Gasteiger partial charge in [-0.3, -0.25) is 9.69 Å². The highest BCUT2D eigenvalue weighted by molar-refractivity contribution is 5.97. The van der Waals surface area contributed by atoms with Gasteiger partial charge in [-0.15, -0.1) is 0 Å². The fourth-order valence-corrected chi connectivity index (χ4v) is 3.03. The van der Waals surface area contributed by atoms with E-state index in [4.69, 9.17) is 4.74 Å². The Morgan fingerprint density at radius 1 is 1.10 bits per heavy atom. The van der Waals surface area contributed by atoms with Gasteiger partial charge in [0.1, 0.15) is 6.04 Å². The van der Waals surface area contributed by atoms with E-state index in [1.807, 2.05) is 44.2 Å². The first-order valence-corrected chi connectivity index (χ1v) is 9.91. The van der Waals surface area contributed by atoms with Crippen LogP contribution in [0.3, 0.4) is 0 Å². The number of carbonyl (C=O) groups is 2. The summed E-state index contributed by atoms with van der Waals surface area (Å²) in [5.74, 6) is -0.182. The quantitative estimate of drug-likeness (QED) is 0.694. The molecule has 2 aromatic carbocycles. The molecule has 2 amide bonds. The second-order valence-electron chi connectivity index (χ2n) is 7.60. The number of hydrogen-bond donors (Lipinski definition) is 2. The van der Waals surface area contributed by atoms with Crippen LogP contribution >= 0.6 is 0 Å². The second-order valence-corrected chi connectivity index (χ2v) is 7.60. The van der Waals surface area contributed by atoms with Crippen molar-refractivity contribution in [3.05, 3.63) is 54.6 Å². The molecule has 1 aliphatic rings. The first-order valence-electron chi connectivity index (χ1n) is 9.91. The Balaban J connectivity index is 1.60. The number of nitrogens with one attached hydrogen (secondary N) is 1. The summed E-state index contributed by atoms with van der Waals surface area (Å²) in [6, 6.07) is 15.5. The fourth-order valence-electron chi connectivity index (χ4n) is 3.03. The molecule has 0 aromatic heterocycles. The minimum absolute atomic E-state index is 0.0772. The molecule has 0 radical (unpaired) electrons. The molecule has 2 N–H and O–H groups in total. The molecule has 1 heterocycles. The Kier molecular flexibility index (Phi) is 7.13. The van der Waals surface area contributed by atoms with Crippen molar-refractivity contribution in [1.82, 2.24) is 4.90 Å². The zero-order valence-electron chi connectivity index (χ0n) is 17.1. The zero-order chi connectivity index (χ0) is 21.5. The third kappa shape index (κ3) is 5.87. The summed E-state index contributed by atoms with van der Waals surface area (Å²) in [5.41, 5.74) is 1.96. The summed E-state index contributed by atoms with van der Waals surface area (Å²) in [7, 11) is 0. The van der Waals surface area contributed by atoms with Crippen molar-refractivity contribution in [2.45, 2.75) is 32.4 Å². The Morgan fingerprint density at radius 3 is 2.37 bits per heavy atom. The molecule has 0 aliphatic carbocycles. The first-order chi connectivity index (χ1) is 14.4. The van der Waals surface area contributed by atoms with E-state index in [1.165, 1.54) is 4.90 Å². The lowest BCUT2D eigenvalue weighted by atomic mass is 10.2. The molecule has 1 saturated heterocycles. The normalized spacial score (nSPS) is 18.7. The summed E-state index contributed by atoms with van der Waals surface area (Å²) < 4.78 is 5.22. The van der Waals surface area contributed by atoms with Crippen LogP contribution in [0.5, 0.6) is 0 Å². The number of β-amino-alcohol motifs (C(OH)–C–C–N with tert-alkyl or cyclic N) is 1. The second kappa shape index (κ2) is 9.98. The van der Waals surface area contributed by atoms with E-state index in [-0.39, 0.29) is 31.4 Å². The predicted molar refractivity (Wildman–Crippen MR) is 113 cm³/mol. The molecule has 158 valence electrons. The van der Waals surface area contributed by atoms with Gasteiger partial charge in [-0.2, -0.15) is 10.2 Å². The van der Waals surface area contributed by atoms with Crippen molar-refractivity contribution in [1.29, 1.82) is 0 Å². The van der Waals surface area contributed by atoms with E-state index < -0.39 is 18.2 Å². The zero-order valence-corrected chi connectivity index (χ0v) is 17.1. The lowest BCUT2D eigenvalue weighted by Gasteiger charge is -2.23. The van der Waals surface area contributed by atoms with E-state index in [9.17, 15) is 14.7 Å². The lowest BCUT2D eigenvalue weighted by Crippen LogP contribution is -2.43. The number of anilines is 1. The van der Waals surface area contributed by atoms with Gasteiger partial charge in [-0.05, 0) is 42.3 Å². The number of nitrogens with zero attached hydrogens (tertiary/aromatic N) is 3. The molecule has 2 aromatic rings. The molecule has 2 atom stereocenters. The molecular weight excluding hydrogens is 384 g/mol. The van der Waals surface area contributed by atoms with Gasteiger partial charge in [0.05, 0.1) is 30.6 Å². The number of likely N-dealkylation sites (tertiary alicyclic amines) is 1. The van der Waals surface area contributed by atoms with Crippen LogP contribution in [-0.2, 0) is 9.53 Å². The Labute approximate surface area is 175 Å². The third-order valence-corrected chi connectivity index (χ3v) is 4.53. The van der Waals surface area contributed by atoms with Gasteiger partial charge in [0.15, 0.2) is 0 Å². The van der Waals surface area contributed by atoms with Crippen LogP contribution in [0.25, 0.3) is 0 Å². The van der Waals surface area contributed by atoms with Crippen LogP contribution in [0.15, 0.2) is 64.8 Å². The van der Waals surface area contributed by atoms with Crippen molar-refractivity contribution in [3.63, 3.8) is 0 Å². The summed E-state index contributed by atoms with van der Waals surface area (Å²) >= 11 is 0. The van der Waals surface area contributed by atoms with Crippen LogP contribution in [0, 0.1) is 5.92 Å². The number of amides is 2. The number of carbonyl (C=O) groups excluding carboxylic acids is 2. The van der Waals surface area contributed by atoms with Gasteiger partial charge < -0.3 is 15.2 Å². The molecule has 1 fully saturated rings. The maximum absolute atomic E-state index is 12.7. The van der Waals surface area contributed by atoms with Gasteiger partial charge in [-0.1, -0.05) is 32.0 Å². The number of ether oxygens (including phenoxy) is 1. The summed E-state index contributed by atoms with van der Waals surface area (Å²) in [4.78, 5) is 26.3. The molecule has 30 heavy (non-hydrogen) atoms. The van der Waals surface area contributed by atoms with E-state index in [1.54, 1.807) is 24.3 Å². The van der Waals surface area contributed by atoms with Crippen molar-refractivity contribution < 1.29 is 19.4 Å². The summed E-state index contributed by atoms with van der Waals surface area (Å²) in [6.45, 7) is 4.20. The molecule has 0 spiro atoms. The predicted octanol–water partition coefficient (Wildman–Crippen LogP) is 4.27. The van der Waals surface area contributed by atoms with Gasteiger partial charge in [-0.25, -0.2) is 4.79 Å². The fraction of sp³-hybridized carbons (Fsp3) is 0.364. The van der Waals surface area contributed by atoms with Crippen LogP contribution < -0.4 is 5.32 Å². The van der Waals surface area contributed by atoms with E-state index in [0.717, 1.165) is 5.69 Å². The molecule has 0 bridgehead atoms. The minimum atomic E-state index is -0.780. The average Bonchev–Trinajstić information content (AvgIpc) is 3.14. The van der Waals surface area contributed by atoms with Gasteiger partial charge in [0.2, 0.25) is 5.91 Å². The first kappa shape index (κ1) is 21.4. The Hall–Kier alpha value is -3.26. The van der Waals surface area contributed by atoms with Crippen molar-refractivity contribution >= 4 is 29.1 Å². The highest BCUT2D eigenvalue weighted by Crippen LogP contribution is 2.23. The van der Waals surface area contributed by atoms with Crippen molar-refractivity contribution in [2.75, 3.05) is 18.5 Å². The molecule has 8 heteroatoms. The average molecular weight is 410 g/mol. The summed E-state index contributed by atoms with van der Waals surface area (Å²) in [6.07, 6.45) is -1.17. The maximum Gasteiger partial charge on any atom is 0.410 e. The van der Waals surface area contributed by atoms with Crippen molar-refractivity contribution in [2.24, 2.45) is 16.1 Å². The highest BCUT2D eigenvalue weighted by Gasteiger charge is 2.39. The number of azo groups is 1. The lowest BCUT2D eigenvalue weighted by molar-refractivity contribution is -0.120. The minimum Gasteiger partial charge on any atom is -0.449 e. The third-order valence-electron chi connectivity index (χ3n) is 4.53. The van der Waals surface area contributed by atoms with E-state index in [0.29, 0.717) is 11.4 Å². The van der Waals surface area contributed by atoms with Crippen LogP contribution in [0.2, 0.25) is 0 Å². The highest BCUT2D eigenvalue weighted by atomic mass is 16.6. The molecule has 1 aliphatic heterocycles. The molecule has 8 nitrogen and oxygen atoms in total. The Morgan fingerprint density at radius 2 is 1.73 bits per heavy atom. The SMILES string of the molecule is CC(C)COC(=O)N1C[C@@H](O)C[C@H]1C(=O)Nc1ccc(N=Nc2ccccc2)cc1. The number of aliphatic hydroxyl groups is 1. The number of aliphatic hydroxyl groups excluding tert-OH is 1. The number of rotatable bonds is 6. The molecular formula is C22H26N4O4. The van der Waals surface area contributed by atoms with Crippen LogP contribution in [0.1, 0.15) is 20.3 Å². The molecule has 0 saturated carbocycles. The smallest absolute Gasteiger partial charge is 0.410 e. The summed E-state index contributed by atoms with van der Waals surface area (Å²) in [5, 5.41) is 21.0. The Bertz CT molecular complexity index is 884. The molecule has 3 rings (SSSR count). The topological polar surface area (TPSA) is 104 Å². The standard InChI is InChI=1S/C22H26N4O4/c1-15(2)14-30-22(29)26-13-19(27)12-20(26)21(28)23-16-8-10-18(11-9-16)25-24-17-6-4-3-5-7-17/h3-11,15,19-20,27H,12-14H2,1-2H3,(H,23,28)/t19-,20-/m0/s1.